The van der Waals surface area contributed by atoms with Crippen LogP contribution in [0.1, 0.15) is 59.3 Å². The molecule has 2 saturated carbocycles. The molecule has 0 saturated heterocycles. The lowest BCUT2D eigenvalue weighted by Gasteiger charge is -2.51. The molecule has 1 amide bonds. The molecule has 0 spiro atoms. The lowest BCUT2D eigenvalue weighted by Crippen LogP contribution is -2.65. The fourth-order valence-corrected chi connectivity index (χ4v) is 3.10. The van der Waals surface area contributed by atoms with Gasteiger partial charge in [0.05, 0.1) is 0 Å². The Balaban J connectivity index is 1.93. The molecule has 3 nitrogen and oxygen atoms in total. The van der Waals surface area contributed by atoms with Gasteiger partial charge in [0, 0.05) is 22.9 Å². The van der Waals surface area contributed by atoms with Crippen LogP contribution >= 0.6 is 0 Å². The van der Waals surface area contributed by atoms with Gasteiger partial charge in [-0.2, -0.15) is 0 Å². The predicted octanol–water partition coefficient (Wildman–Crippen LogP) is 2.20. The molecule has 2 aliphatic carbocycles. The third-order valence-corrected chi connectivity index (χ3v) is 5.15. The highest BCUT2D eigenvalue weighted by Crippen LogP contribution is 2.41. The first-order valence-corrected chi connectivity index (χ1v) is 6.93. The Bertz CT molecular complexity index is 305. The fraction of sp³-hybridized carbons (Fsp3) is 0.929. The number of hydrogen-bond acceptors (Lipinski definition) is 2. The van der Waals surface area contributed by atoms with E-state index in [1.54, 1.807) is 0 Å². The first-order chi connectivity index (χ1) is 7.86. The Kier molecular flexibility index (Phi) is 3.23. The summed E-state index contributed by atoms with van der Waals surface area (Å²) in [4.78, 5) is 12.4. The molecule has 2 unspecified atom stereocenters. The lowest BCUT2D eigenvalue weighted by atomic mass is 9.63. The van der Waals surface area contributed by atoms with E-state index in [4.69, 9.17) is 5.73 Å². The van der Waals surface area contributed by atoms with Gasteiger partial charge < -0.3 is 11.1 Å². The van der Waals surface area contributed by atoms with Crippen molar-refractivity contribution in [2.24, 2.45) is 16.6 Å². The largest absolute Gasteiger partial charge is 0.352 e. The molecule has 0 aromatic rings. The summed E-state index contributed by atoms with van der Waals surface area (Å²) in [5, 5.41) is 3.23. The second-order valence-corrected chi connectivity index (χ2v) is 6.81. The molecule has 2 fully saturated rings. The van der Waals surface area contributed by atoms with E-state index in [2.05, 4.69) is 26.1 Å². The summed E-state index contributed by atoms with van der Waals surface area (Å²) in [6, 6.07) is 0.496. The van der Waals surface area contributed by atoms with Crippen molar-refractivity contribution in [3.05, 3.63) is 0 Å². The van der Waals surface area contributed by atoms with E-state index in [1.165, 1.54) is 19.3 Å². The van der Waals surface area contributed by atoms with Crippen molar-refractivity contribution in [2.75, 3.05) is 0 Å². The zero-order valence-electron chi connectivity index (χ0n) is 11.4. The quantitative estimate of drug-likeness (QED) is 0.775. The standard InChI is InChI=1S/C14H26N2O/c1-13(2)10(15)9-11(13)16-12(17)14(3)7-5-4-6-8-14/h10-11H,4-9,15H2,1-3H3,(H,16,17). The molecular formula is C14H26N2O. The fourth-order valence-electron chi connectivity index (χ4n) is 3.10. The Morgan fingerprint density at radius 2 is 1.76 bits per heavy atom. The van der Waals surface area contributed by atoms with Gasteiger partial charge in [0.15, 0.2) is 0 Å². The van der Waals surface area contributed by atoms with Gasteiger partial charge >= 0.3 is 0 Å². The monoisotopic (exact) mass is 238 g/mol. The zero-order chi connectivity index (χ0) is 12.7. The van der Waals surface area contributed by atoms with Crippen LogP contribution in [-0.2, 0) is 4.79 Å². The van der Waals surface area contributed by atoms with Crippen molar-refractivity contribution in [2.45, 2.75) is 71.4 Å². The molecule has 0 bridgehead atoms. The van der Waals surface area contributed by atoms with Crippen LogP contribution in [0.2, 0.25) is 0 Å². The SMILES string of the molecule is CC1(C(=O)NC2CC(N)C2(C)C)CCCCC1. The molecule has 2 atom stereocenters. The molecule has 0 radical (unpaired) electrons. The van der Waals surface area contributed by atoms with Crippen LogP contribution in [0.3, 0.4) is 0 Å². The summed E-state index contributed by atoms with van der Waals surface area (Å²) in [6.45, 7) is 6.41. The highest BCUT2D eigenvalue weighted by atomic mass is 16.2. The molecule has 0 aromatic carbocycles. The van der Waals surface area contributed by atoms with Crippen molar-refractivity contribution in [3.8, 4) is 0 Å². The van der Waals surface area contributed by atoms with Crippen molar-refractivity contribution in [1.82, 2.24) is 5.32 Å². The summed E-state index contributed by atoms with van der Waals surface area (Å²) in [6.07, 6.45) is 6.67. The van der Waals surface area contributed by atoms with Gasteiger partial charge in [0.25, 0.3) is 0 Å². The van der Waals surface area contributed by atoms with Crippen molar-refractivity contribution < 1.29 is 4.79 Å². The maximum absolute atomic E-state index is 12.4. The topological polar surface area (TPSA) is 55.1 Å². The normalized spacial score (nSPS) is 34.8. The molecule has 3 N–H and O–H groups in total. The Morgan fingerprint density at radius 1 is 1.18 bits per heavy atom. The summed E-state index contributed by atoms with van der Waals surface area (Å²) >= 11 is 0. The minimum Gasteiger partial charge on any atom is -0.352 e. The third kappa shape index (κ3) is 2.22. The van der Waals surface area contributed by atoms with E-state index in [1.807, 2.05) is 0 Å². The maximum Gasteiger partial charge on any atom is 0.226 e. The summed E-state index contributed by atoms with van der Waals surface area (Å²) in [7, 11) is 0. The van der Waals surface area contributed by atoms with Crippen LogP contribution in [0.15, 0.2) is 0 Å². The number of rotatable bonds is 2. The number of nitrogens with two attached hydrogens (primary N) is 1. The van der Waals surface area contributed by atoms with E-state index in [-0.39, 0.29) is 28.8 Å². The molecule has 0 aliphatic heterocycles. The Morgan fingerprint density at radius 3 is 2.24 bits per heavy atom. The van der Waals surface area contributed by atoms with Gasteiger partial charge in [0.2, 0.25) is 5.91 Å². The van der Waals surface area contributed by atoms with Crippen LogP contribution in [-0.4, -0.2) is 18.0 Å². The van der Waals surface area contributed by atoms with Gasteiger partial charge in [-0.05, 0) is 19.3 Å². The highest BCUT2D eigenvalue weighted by molar-refractivity contribution is 5.82. The van der Waals surface area contributed by atoms with Crippen LogP contribution in [0, 0.1) is 10.8 Å². The van der Waals surface area contributed by atoms with Gasteiger partial charge in [-0.1, -0.05) is 40.0 Å². The maximum atomic E-state index is 12.4. The molecule has 17 heavy (non-hydrogen) atoms. The number of hydrogen-bond donors (Lipinski definition) is 2. The number of amides is 1. The first-order valence-electron chi connectivity index (χ1n) is 6.93. The number of carbonyl (C=O) groups is 1. The van der Waals surface area contributed by atoms with Crippen molar-refractivity contribution >= 4 is 5.91 Å². The molecule has 2 aliphatic rings. The van der Waals surface area contributed by atoms with E-state index in [0.29, 0.717) is 0 Å². The lowest BCUT2D eigenvalue weighted by molar-refractivity contribution is -0.135. The van der Waals surface area contributed by atoms with E-state index >= 15 is 0 Å². The number of nitrogens with one attached hydrogen (secondary N) is 1. The molecule has 0 aromatic heterocycles. The summed E-state index contributed by atoms with van der Waals surface area (Å²) in [5.41, 5.74) is 5.91. The van der Waals surface area contributed by atoms with E-state index < -0.39 is 0 Å². The van der Waals surface area contributed by atoms with Gasteiger partial charge in [-0.15, -0.1) is 0 Å². The highest BCUT2D eigenvalue weighted by Gasteiger charge is 2.48. The molecule has 0 heterocycles. The third-order valence-electron chi connectivity index (χ3n) is 5.15. The van der Waals surface area contributed by atoms with Gasteiger partial charge in [-0.3, -0.25) is 4.79 Å². The Hall–Kier alpha value is -0.570. The predicted molar refractivity (Wildman–Crippen MR) is 69.5 cm³/mol. The molecule has 2 rings (SSSR count). The number of carbonyl (C=O) groups excluding carboxylic acids is 1. The smallest absolute Gasteiger partial charge is 0.226 e. The molecule has 98 valence electrons. The van der Waals surface area contributed by atoms with Crippen molar-refractivity contribution in [1.29, 1.82) is 0 Å². The summed E-state index contributed by atoms with van der Waals surface area (Å²) < 4.78 is 0. The van der Waals surface area contributed by atoms with E-state index in [0.717, 1.165) is 19.3 Å². The zero-order valence-corrected chi connectivity index (χ0v) is 11.4. The van der Waals surface area contributed by atoms with Crippen LogP contribution in [0.4, 0.5) is 0 Å². The second-order valence-electron chi connectivity index (χ2n) is 6.81. The first kappa shape index (κ1) is 12.9. The van der Waals surface area contributed by atoms with Gasteiger partial charge in [-0.25, -0.2) is 0 Å². The van der Waals surface area contributed by atoms with Crippen LogP contribution in [0.25, 0.3) is 0 Å². The van der Waals surface area contributed by atoms with Crippen LogP contribution < -0.4 is 11.1 Å². The molecular weight excluding hydrogens is 212 g/mol. The average molecular weight is 238 g/mol. The second kappa shape index (κ2) is 4.27. The van der Waals surface area contributed by atoms with Gasteiger partial charge in [0.1, 0.15) is 0 Å². The minimum atomic E-state index is -0.131. The average Bonchev–Trinajstić information content (AvgIpc) is 2.29. The Labute approximate surface area is 105 Å². The van der Waals surface area contributed by atoms with E-state index in [9.17, 15) is 4.79 Å². The van der Waals surface area contributed by atoms with Crippen molar-refractivity contribution in [3.63, 3.8) is 0 Å². The van der Waals surface area contributed by atoms with Crippen LogP contribution in [0.5, 0.6) is 0 Å². The molecule has 3 heteroatoms. The minimum absolute atomic E-state index is 0.0562. The summed E-state index contributed by atoms with van der Waals surface area (Å²) in [5.74, 6) is 0.252.